The van der Waals surface area contributed by atoms with Crippen molar-refractivity contribution in [3.8, 4) is 11.5 Å². The van der Waals surface area contributed by atoms with Crippen LogP contribution in [-0.4, -0.2) is 173 Å². The highest BCUT2D eigenvalue weighted by atomic mass is 35.6. The van der Waals surface area contributed by atoms with Gasteiger partial charge in [-0.1, -0.05) is 111 Å². The van der Waals surface area contributed by atoms with E-state index in [0.717, 1.165) is 9.80 Å². The molecule has 8 atom stereocenters. The zero-order chi connectivity index (χ0) is 59.1. The molecule has 4 amide bonds. The molecule has 2 aromatic rings. The number of halogens is 6. The number of hydrogen-bond acceptors (Lipinski definition) is 16. The molecule has 4 aliphatic heterocycles. The molecule has 436 valence electrons. The van der Waals surface area contributed by atoms with Crippen LogP contribution in [0.2, 0.25) is 36.3 Å². The lowest BCUT2D eigenvalue weighted by molar-refractivity contribution is -0.136. The maximum absolute atomic E-state index is 15.0. The Morgan fingerprint density at radius 3 is 1.23 bits per heavy atom. The van der Waals surface area contributed by atoms with E-state index >= 15 is 0 Å². The molecule has 0 bridgehead atoms. The Labute approximate surface area is 491 Å². The van der Waals surface area contributed by atoms with E-state index in [1.54, 1.807) is 0 Å². The number of rotatable bonds is 18. The van der Waals surface area contributed by atoms with Gasteiger partial charge in [0.25, 0.3) is 11.8 Å². The van der Waals surface area contributed by atoms with E-state index < -0.39 is 132 Å². The number of methoxy groups -OCH3 is 2. The first-order valence-electron chi connectivity index (χ1n) is 25.1. The number of Topliss-reactive ketones (excluding diaryl/α,β-unsaturated/α-hetero) is 2. The third kappa shape index (κ3) is 14.0. The van der Waals surface area contributed by atoms with Crippen molar-refractivity contribution in [3.63, 3.8) is 0 Å². The number of anilines is 2. The standard InChI is InChI=1S/C51H66Cl6N4O16Si2/c1-48(2,3)78(9,10)76-44-38-40(32(36(64)24-62)22-58(38)42(66)30-20-28(70-7)14-16-34(30)60(44)46(68)74-26-50(52,53)54)72-18-13-19-73-41-33(37(65)25-63)23-59-39(41)45(77-79(11,12)49(4,5)6)61(47(69)75-27-51(55,56)57)35-17-15-29(71-8)21-31(35)43(59)67/h14-17,20-21,24-25,32-33,38-41,44-45H,13,18-19,22-23,26-27H2,1-12H3/t32-,33-,38+,39+,40?,41?,44+,45+/m1/s1. The summed E-state index contributed by atoms with van der Waals surface area (Å²) in [5.74, 6) is -5.22. The molecule has 0 saturated carbocycles. The summed E-state index contributed by atoms with van der Waals surface area (Å²) in [6.45, 7) is 16.8. The van der Waals surface area contributed by atoms with E-state index in [9.17, 15) is 38.4 Å². The number of amides is 4. The summed E-state index contributed by atoms with van der Waals surface area (Å²) in [6, 6.07) is 6.25. The molecule has 2 fully saturated rings. The van der Waals surface area contributed by atoms with Crippen LogP contribution in [0.1, 0.15) is 68.7 Å². The van der Waals surface area contributed by atoms with Gasteiger partial charge in [-0.05, 0) is 79.1 Å². The van der Waals surface area contributed by atoms with Gasteiger partial charge in [-0.15, -0.1) is 0 Å². The van der Waals surface area contributed by atoms with Crippen molar-refractivity contribution in [2.75, 3.05) is 63.5 Å². The summed E-state index contributed by atoms with van der Waals surface area (Å²) in [5.41, 5.74) is 0.00161. The van der Waals surface area contributed by atoms with Gasteiger partial charge in [0.2, 0.25) is 19.2 Å². The lowest BCUT2D eigenvalue weighted by Crippen LogP contribution is -2.61. The summed E-state index contributed by atoms with van der Waals surface area (Å²) in [4.78, 5) is 116. The fourth-order valence-electron chi connectivity index (χ4n) is 9.35. The molecule has 4 heterocycles. The zero-order valence-electron chi connectivity index (χ0n) is 45.8. The Bertz CT molecular complexity index is 2500. The smallest absolute Gasteiger partial charge is 0.416 e. The lowest BCUT2D eigenvalue weighted by Gasteiger charge is -2.45. The van der Waals surface area contributed by atoms with Crippen molar-refractivity contribution < 1.29 is 75.6 Å². The Kier molecular flexibility index (Phi) is 20.0. The molecule has 2 aromatic carbocycles. The molecule has 2 saturated heterocycles. The Hall–Kier alpha value is -3.79. The summed E-state index contributed by atoms with van der Waals surface area (Å²) < 4.78 is 45.5. The zero-order valence-corrected chi connectivity index (χ0v) is 52.3. The predicted octanol–water partition coefficient (Wildman–Crippen LogP) is 9.33. The number of alkyl halides is 6. The molecular weight excluding hydrogens is 1190 g/mol. The minimum Gasteiger partial charge on any atom is -0.497 e. The first-order chi connectivity index (χ1) is 36.5. The van der Waals surface area contributed by atoms with Crippen molar-refractivity contribution >= 4 is 146 Å². The molecule has 0 N–H and O–H groups in total. The second-order valence-electron chi connectivity index (χ2n) is 22.6. The largest absolute Gasteiger partial charge is 0.497 e. The van der Waals surface area contributed by atoms with E-state index in [1.165, 1.54) is 60.4 Å². The number of ketones is 2. The molecule has 0 spiro atoms. The topological polar surface area (TPSA) is 223 Å². The Morgan fingerprint density at radius 1 is 0.595 bits per heavy atom. The van der Waals surface area contributed by atoms with Crippen LogP contribution in [0.3, 0.4) is 0 Å². The average Bonchev–Trinajstić information content (AvgIpc) is 4.04. The first-order valence-corrected chi connectivity index (χ1v) is 33.2. The van der Waals surface area contributed by atoms with Crippen LogP contribution in [0.4, 0.5) is 21.0 Å². The number of benzene rings is 2. The monoisotopic (exact) mass is 1260 g/mol. The molecular formula is C51H66Cl6N4O16Si2. The Morgan fingerprint density at radius 2 is 0.937 bits per heavy atom. The number of carbonyl (C=O) groups excluding carboxylic acids is 8. The number of aldehydes is 2. The summed E-state index contributed by atoms with van der Waals surface area (Å²) in [5, 5.41) is -1.02. The minimum absolute atomic E-state index is 0.0291. The normalized spacial score (nSPS) is 23.7. The molecule has 2 unspecified atom stereocenters. The maximum atomic E-state index is 15.0. The van der Waals surface area contributed by atoms with Crippen LogP contribution in [-0.2, 0) is 47.0 Å². The van der Waals surface area contributed by atoms with E-state index in [4.69, 9.17) is 107 Å². The highest BCUT2D eigenvalue weighted by Crippen LogP contribution is 2.48. The highest BCUT2D eigenvalue weighted by molar-refractivity contribution is 6.74. The highest BCUT2D eigenvalue weighted by Gasteiger charge is 2.60. The fraction of sp³-hybridized carbons (Fsp3) is 0.608. The number of hydrogen-bond donors (Lipinski definition) is 0. The van der Waals surface area contributed by atoms with Gasteiger partial charge in [0.1, 0.15) is 36.8 Å². The summed E-state index contributed by atoms with van der Waals surface area (Å²) >= 11 is 36.4. The molecule has 0 aromatic heterocycles. The lowest BCUT2D eigenvalue weighted by atomic mass is 9.96. The van der Waals surface area contributed by atoms with Gasteiger partial charge < -0.3 is 47.1 Å². The van der Waals surface area contributed by atoms with Crippen LogP contribution in [0.25, 0.3) is 0 Å². The number of carbonyl (C=O) groups is 8. The van der Waals surface area contributed by atoms with Gasteiger partial charge in [-0.2, -0.15) is 0 Å². The summed E-state index contributed by atoms with van der Waals surface area (Å²) in [7, 11) is -3.25. The van der Waals surface area contributed by atoms with E-state index in [-0.39, 0.29) is 79.3 Å². The van der Waals surface area contributed by atoms with Crippen molar-refractivity contribution in [1.29, 1.82) is 0 Å². The first kappa shape index (κ1) is 64.4. The Balaban J connectivity index is 1.41. The fourth-order valence-corrected chi connectivity index (χ4v) is 12.1. The number of nitrogens with zero attached hydrogens (tertiary/aromatic N) is 4. The van der Waals surface area contributed by atoms with E-state index in [1.807, 2.05) is 67.7 Å². The molecule has 0 radical (unpaired) electrons. The van der Waals surface area contributed by atoms with Crippen LogP contribution in [0.5, 0.6) is 11.5 Å². The van der Waals surface area contributed by atoms with Gasteiger partial charge in [0.05, 0.1) is 60.8 Å². The van der Waals surface area contributed by atoms with Crippen molar-refractivity contribution in [3.05, 3.63) is 47.5 Å². The molecule has 28 heteroatoms. The second-order valence-corrected chi connectivity index (χ2v) is 37.1. The molecule has 20 nitrogen and oxygen atoms in total. The van der Waals surface area contributed by atoms with Crippen LogP contribution in [0, 0.1) is 11.8 Å². The maximum Gasteiger partial charge on any atom is 0.416 e. The SMILES string of the molecule is COc1ccc2c(c1)C(=O)N1C[C@H](C(=O)C=O)C(OCCCOC3[C@@H](C(=O)C=O)CN4C(=O)c5cc(OC)ccc5N(C(=O)OCC(Cl)(Cl)Cl)[C@@H](O[Si](C)(C)C(C)(C)C)[C@H]34)[C@H]1[C@H](O[Si](C)(C)C(C)(C)C)N2C(=O)OCC(Cl)(Cl)Cl. The van der Waals surface area contributed by atoms with Crippen molar-refractivity contribution in [1.82, 2.24) is 9.80 Å². The van der Waals surface area contributed by atoms with Crippen LogP contribution in [0.15, 0.2) is 36.4 Å². The van der Waals surface area contributed by atoms with Gasteiger partial charge >= 0.3 is 12.2 Å². The molecule has 0 aliphatic carbocycles. The molecule has 4 aliphatic rings. The average molecular weight is 1260 g/mol. The third-order valence-electron chi connectivity index (χ3n) is 15.4. The number of ether oxygens (including phenoxy) is 6. The van der Waals surface area contributed by atoms with Crippen molar-refractivity contribution in [2.24, 2.45) is 11.8 Å². The van der Waals surface area contributed by atoms with Crippen molar-refractivity contribution in [2.45, 2.75) is 129 Å². The summed E-state index contributed by atoms with van der Waals surface area (Å²) in [6.07, 6.45) is -7.51. The van der Waals surface area contributed by atoms with Crippen LogP contribution >= 0.6 is 69.6 Å². The molecule has 79 heavy (non-hydrogen) atoms. The van der Waals surface area contributed by atoms with Crippen LogP contribution < -0.4 is 19.3 Å². The van der Waals surface area contributed by atoms with E-state index in [2.05, 4.69) is 0 Å². The quantitative estimate of drug-likeness (QED) is 0.0446. The third-order valence-corrected chi connectivity index (χ3v) is 24.9. The van der Waals surface area contributed by atoms with Gasteiger partial charge in [0, 0.05) is 26.3 Å². The number of fused-ring (bicyclic) bond motifs is 4. The molecule has 6 rings (SSSR count). The second kappa shape index (κ2) is 24.6. The predicted molar refractivity (Wildman–Crippen MR) is 301 cm³/mol. The van der Waals surface area contributed by atoms with E-state index in [0.29, 0.717) is 0 Å². The van der Waals surface area contributed by atoms with Gasteiger partial charge in [0.15, 0.2) is 41.7 Å². The minimum atomic E-state index is -3.02. The van der Waals surface area contributed by atoms with Gasteiger partial charge in [-0.3, -0.25) is 28.8 Å². The van der Waals surface area contributed by atoms with Gasteiger partial charge in [-0.25, -0.2) is 19.4 Å².